The van der Waals surface area contributed by atoms with Gasteiger partial charge < -0.3 is 5.32 Å². The van der Waals surface area contributed by atoms with Crippen LogP contribution in [-0.4, -0.2) is 5.25 Å². The second-order valence-corrected chi connectivity index (χ2v) is 7.99. The van der Waals surface area contributed by atoms with Gasteiger partial charge in [-0.3, -0.25) is 0 Å². The fourth-order valence-corrected chi connectivity index (χ4v) is 5.32. The molecule has 1 N–H and O–H groups in total. The minimum absolute atomic E-state index is 0.371. The van der Waals surface area contributed by atoms with Gasteiger partial charge in [-0.15, -0.1) is 23.1 Å². The number of hydrogen-bond acceptors (Lipinski definition) is 3. The summed E-state index contributed by atoms with van der Waals surface area (Å²) in [5.41, 5.74) is 3.70. The van der Waals surface area contributed by atoms with Crippen molar-refractivity contribution >= 4 is 40.4 Å². The van der Waals surface area contributed by atoms with Gasteiger partial charge in [0, 0.05) is 5.25 Å². The van der Waals surface area contributed by atoms with E-state index in [0.29, 0.717) is 11.3 Å². The molecule has 1 aliphatic heterocycles. The second kappa shape index (κ2) is 5.39. The molecule has 2 aromatic rings. The van der Waals surface area contributed by atoms with Crippen molar-refractivity contribution in [2.75, 3.05) is 5.32 Å². The predicted octanol–water partition coefficient (Wildman–Crippen LogP) is 5.75. The van der Waals surface area contributed by atoms with Crippen LogP contribution in [0.25, 0.3) is 0 Å². The van der Waals surface area contributed by atoms with Crippen LogP contribution < -0.4 is 5.32 Å². The van der Waals surface area contributed by atoms with E-state index in [1.165, 1.54) is 15.3 Å². The van der Waals surface area contributed by atoms with E-state index in [0.717, 1.165) is 17.1 Å². The topological polar surface area (TPSA) is 12.0 Å². The van der Waals surface area contributed by atoms with Crippen LogP contribution in [0.1, 0.15) is 30.5 Å². The Labute approximate surface area is 127 Å². The summed E-state index contributed by atoms with van der Waals surface area (Å²) in [5.74, 6) is 0. The lowest BCUT2D eigenvalue weighted by Crippen LogP contribution is -2.19. The number of rotatable bonds is 2. The van der Waals surface area contributed by atoms with Crippen molar-refractivity contribution in [3.05, 3.63) is 45.8 Å². The highest BCUT2D eigenvalue weighted by atomic mass is 35.5. The van der Waals surface area contributed by atoms with Crippen LogP contribution >= 0.6 is 34.7 Å². The van der Waals surface area contributed by atoms with E-state index >= 15 is 0 Å². The number of anilines is 1. The lowest BCUT2D eigenvalue weighted by Gasteiger charge is -2.29. The molecule has 100 valence electrons. The number of hydrogen-bond donors (Lipinski definition) is 1. The smallest absolute Gasteiger partial charge is 0.0653 e. The molecular weight excluding hydrogens is 294 g/mol. The molecule has 0 fully saturated rings. The fraction of sp³-hybridized carbons (Fsp3) is 0.333. The first-order valence-corrected chi connectivity index (χ1v) is 8.54. The largest absolute Gasteiger partial charge is 0.377 e. The van der Waals surface area contributed by atoms with Gasteiger partial charge in [0.25, 0.3) is 0 Å². The molecule has 1 nitrogen and oxygen atoms in total. The summed E-state index contributed by atoms with van der Waals surface area (Å²) < 4.78 is 1.45. The highest BCUT2D eigenvalue weighted by Crippen LogP contribution is 2.45. The van der Waals surface area contributed by atoms with E-state index < -0.39 is 0 Å². The standard InChI is InChI=1S/C15H16ClNS2/c1-9-4-3-5-12(16)14(9)17-13-8-10(2)19-15-11(13)6-7-18-15/h3-7,10,13,17H,8H2,1-2H3/t10-,13?/m0/s1. The number of halogens is 1. The lowest BCUT2D eigenvalue weighted by atomic mass is 10.0. The quantitative estimate of drug-likeness (QED) is 0.758. The number of nitrogens with one attached hydrogen (secondary N) is 1. The summed E-state index contributed by atoms with van der Waals surface area (Å²) >= 11 is 10.1. The SMILES string of the molecule is Cc1cccc(Cl)c1NC1C[C@H](C)Sc2sccc21. The van der Waals surface area contributed by atoms with Gasteiger partial charge in [0.15, 0.2) is 0 Å². The molecular formula is C15H16ClNS2. The average Bonchev–Trinajstić information content (AvgIpc) is 2.81. The van der Waals surface area contributed by atoms with Gasteiger partial charge in [0.05, 0.1) is 21.0 Å². The molecule has 1 aromatic heterocycles. The third kappa shape index (κ3) is 2.64. The Hall–Kier alpha value is -0.640. The van der Waals surface area contributed by atoms with Crippen molar-refractivity contribution in [2.45, 2.75) is 35.8 Å². The molecule has 0 radical (unpaired) electrons. The first-order valence-electron chi connectivity index (χ1n) is 6.41. The van der Waals surface area contributed by atoms with Gasteiger partial charge in [-0.2, -0.15) is 0 Å². The molecule has 19 heavy (non-hydrogen) atoms. The maximum absolute atomic E-state index is 6.32. The summed E-state index contributed by atoms with van der Waals surface area (Å²) in [6.07, 6.45) is 1.14. The molecule has 2 heterocycles. The molecule has 1 aromatic carbocycles. The minimum atomic E-state index is 0.371. The Kier molecular flexibility index (Phi) is 3.79. The average molecular weight is 310 g/mol. The predicted molar refractivity (Wildman–Crippen MR) is 86.8 cm³/mol. The molecule has 1 aliphatic rings. The monoisotopic (exact) mass is 309 g/mol. The lowest BCUT2D eigenvalue weighted by molar-refractivity contribution is 0.669. The van der Waals surface area contributed by atoms with Crippen molar-refractivity contribution in [3.8, 4) is 0 Å². The van der Waals surface area contributed by atoms with Crippen LogP contribution in [-0.2, 0) is 0 Å². The van der Waals surface area contributed by atoms with E-state index in [9.17, 15) is 0 Å². The van der Waals surface area contributed by atoms with Gasteiger partial charge in [-0.1, -0.05) is 30.7 Å². The summed E-state index contributed by atoms with van der Waals surface area (Å²) in [4.78, 5) is 0. The summed E-state index contributed by atoms with van der Waals surface area (Å²) in [6.45, 7) is 4.39. The van der Waals surface area contributed by atoms with E-state index in [4.69, 9.17) is 11.6 Å². The Morgan fingerprint density at radius 3 is 2.95 bits per heavy atom. The summed E-state index contributed by atoms with van der Waals surface area (Å²) in [7, 11) is 0. The third-order valence-electron chi connectivity index (χ3n) is 3.45. The molecule has 2 atom stereocenters. The van der Waals surface area contributed by atoms with Gasteiger partial charge in [-0.05, 0) is 42.0 Å². The molecule has 0 bridgehead atoms. The van der Waals surface area contributed by atoms with E-state index in [-0.39, 0.29) is 0 Å². The number of fused-ring (bicyclic) bond motifs is 1. The normalized spacial score (nSPS) is 22.1. The Morgan fingerprint density at radius 2 is 2.16 bits per heavy atom. The number of thioether (sulfide) groups is 1. The van der Waals surface area contributed by atoms with Gasteiger partial charge in [0.1, 0.15) is 0 Å². The Balaban J connectivity index is 1.92. The van der Waals surface area contributed by atoms with Crippen LogP contribution in [0.4, 0.5) is 5.69 Å². The first-order chi connectivity index (χ1) is 9.15. The second-order valence-electron chi connectivity index (χ2n) is 4.96. The maximum atomic E-state index is 6.32. The van der Waals surface area contributed by atoms with Crippen molar-refractivity contribution < 1.29 is 0 Å². The Bertz CT molecular complexity index is 573. The van der Waals surface area contributed by atoms with Crippen LogP contribution in [0.2, 0.25) is 5.02 Å². The molecule has 0 amide bonds. The minimum Gasteiger partial charge on any atom is -0.377 e. The van der Waals surface area contributed by atoms with Crippen molar-refractivity contribution in [1.82, 2.24) is 0 Å². The number of para-hydroxylation sites is 1. The van der Waals surface area contributed by atoms with Crippen LogP contribution in [0.3, 0.4) is 0 Å². The maximum Gasteiger partial charge on any atom is 0.0653 e. The van der Waals surface area contributed by atoms with E-state index in [1.54, 1.807) is 0 Å². The van der Waals surface area contributed by atoms with E-state index in [1.807, 2.05) is 35.2 Å². The number of aryl methyl sites for hydroxylation is 1. The van der Waals surface area contributed by atoms with Crippen LogP contribution in [0.15, 0.2) is 33.9 Å². The zero-order chi connectivity index (χ0) is 13.4. The molecule has 0 saturated heterocycles. The molecule has 0 spiro atoms. The number of benzene rings is 1. The fourth-order valence-electron chi connectivity index (χ4n) is 2.47. The molecule has 1 unspecified atom stereocenters. The summed E-state index contributed by atoms with van der Waals surface area (Å²) in [6, 6.07) is 8.66. The zero-order valence-corrected chi connectivity index (χ0v) is 13.3. The Morgan fingerprint density at radius 1 is 1.32 bits per heavy atom. The third-order valence-corrected chi connectivity index (χ3v) is 6.11. The van der Waals surface area contributed by atoms with Crippen LogP contribution in [0, 0.1) is 6.92 Å². The van der Waals surface area contributed by atoms with Crippen molar-refractivity contribution in [1.29, 1.82) is 0 Å². The van der Waals surface area contributed by atoms with Gasteiger partial charge >= 0.3 is 0 Å². The first kappa shape index (κ1) is 13.3. The molecule has 0 aliphatic carbocycles. The highest BCUT2D eigenvalue weighted by molar-refractivity contribution is 8.01. The molecule has 4 heteroatoms. The zero-order valence-electron chi connectivity index (χ0n) is 10.9. The van der Waals surface area contributed by atoms with Crippen molar-refractivity contribution in [2.24, 2.45) is 0 Å². The highest BCUT2D eigenvalue weighted by Gasteiger charge is 2.26. The number of thiophene rings is 1. The van der Waals surface area contributed by atoms with Gasteiger partial charge in [0.2, 0.25) is 0 Å². The summed E-state index contributed by atoms with van der Waals surface area (Å²) in [5, 5.41) is 7.29. The molecule has 3 rings (SSSR count). The van der Waals surface area contributed by atoms with Gasteiger partial charge in [-0.25, -0.2) is 0 Å². The van der Waals surface area contributed by atoms with Crippen molar-refractivity contribution in [3.63, 3.8) is 0 Å². The van der Waals surface area contributed by atoms with E-state index in [2.05, 4.69) is 36.7 Å². The molecule has 0 saturated carbocycles. The van der Waals surface area contributed by atoms with Crippen LogP contribution in [0.5, 0.6) is 0 Å².